The maximum atomic E-state index is 13.8. The van der Waals surface area contributed by atoms with Gasteiger partial charge in [0.05, 0.1) is 0 Å². The van der Waals surface area contributed by atoms with Crippen molar-refractivity contribution in [2.24, 2.45) is 5.92 Å². The molecule has 0 aliphatic rings. The summed E-state index contributed by atoms with van der Waals surface area (Å²) in [6, 6.07) is 16.2. The molecule has 3 nitrogen and oxygen atoms in total. The molecule has 0 spiro atoms. The number of benzene rings is 2. The molecule has 0 aliphatic heterocycles. The van der Waals surface area contributed by atoms with Crippen LogP contribution in [0.3, 0.4) is 0 Å². The van der Waals surface area contributed by atoms with E-state index < -0.39 is 6.17 Å². The third kappa shape index (κ3) is 7.16. The van der Waals surface area contributed by atoms with Gasteiger partial charge in [-0.05, 0) is 60.6 Å². The van der Waals surface area contributed by atoms with E-state index in [9.17, 15) is 4.39 Å². The first-order valence-electron chi connectivity index (χ1n) is 11.3. The van der Waals surface area contributed by atoms with Crippen LogP contribution in [0.2, 0.25) is 0 Å². The van der Waals surface area contributed by atoms with E-state index in [0.29, 0.717) is 23.9 Å². The van der Waals surface area contributed by atoms with Crippen LogP contribution in [0.25, 0.3) is 22.5 Å². The zero-order valence-electron chi connectivity index (χ0n) is 18.9. The molecule has 2 aromatic carbocycles. The van der Waals surface area contributed by atoms with Gasteiger partial charge in [0.25, 0.3) is 0 Å². The van der Waals surface area contributed by atoms with E-state index in [-0.39, 0.29) is 6.61 Å². The van der Waals surface area contributed by atoms with E-state index in [2.05, 4.69) is 41.2 Å². The average Bonchev–Trinajstić information content (AvgIpc) is 2.78. The predicted molar refractivity (Wildman–Crippen MR) is 126 cm³/mol. The summed E-state index contributed by atoms with van der Waals surface area (Å²) >= 11 is 0. The van der Waals surface area contributed by atoms with Gasteiger partial charge >= 0.3 is 0 Å². The highest BCUT2D eigenvalue weighted by atomic mass is 19.1. The number of unbranched alkanes of at least 4 members (excludes halogenated alkanes) is 2. The normalized spacial score (nSPS) is 12.2. The molecule has 0 radical (unpaired) electrons. The quantitative estimate of drug-likeness (QED) is 0.305. The molecule has 0 N–H and O–H groups in total. The molecule has 1 heterocycles. The minimum absolute atomic E-state index is 0.0834. The number of alkyl halides is 1. The third-order valence-corrected chi connectivity index (χ3v) is 5.28. The van der Waals surface area contributed by atoms with Crippen LogP contribution in [0.1, 0.15) is 52.0 Å². The Morgan fingerprint density at radius 1 is 0.839 bits per heavy atom. The SMILES string of the molecule is CCCCCc1ccc(-c2cnc(-c3ccc(OCC(F)CC(C)C)cc3)nc2)cc1. The number of aromatic nitrogens is 2. The molecule has 0 bridgehead atoms. The van der Waals surface area contributed by atoms with Crippen LogP contribution in [0, 0.1) is 5.92 Å². The highest BCUT2D eigenvalue weighted by Gasteiger charge is 2.10. The molecule has 0 amide bonds. The number of hydrogen-bond donors (Lipinski definition) is 0. The Balaban J connectivity index is 1.58. The highest BCUT2D eigenvalue weighted by molar-refractivity contribution is 5.64. The van der Waals surface area contributed by atoms with Gasteiger partial charge in [0.15, 0.2) is 5.82 Å². The van der Waals surface area contributed by atoms with Crippen LogP contribution in [0.5, 0.6) is 5.75 Å². The van der Waals surface area contributed by atoms with Gasteiger partial charge in [-0.3, -0.25) is 0 Å². The summed E-state index contributed by atoms with van der Waals surface area (Å²) in [7, 11) is 0. The van der Waals surface area contributed by atoms with Gasteiger partial charge < -0.3 is 4.74 Å². The topological polar surface area (TPSA) is 35.0 Å². The fourth-order valence-corrected chi connectivity index (χ4v) is 3.54. The Morgan fingerprint density at radius 3 is 2.10 bits per heavy atom. The minimum atomic E-state index is -0.944. The summed E-state index contributed by atoms with van der Waals surface area (Å²) in [6.07, 6.45) is 8.18. The summed E-state index contributed by atoms with van der Waals surface area (Å²) < 4.78 is 19.4. The maximum Gasteiger partial charge on any atom is 0.159 e. The van der Waals surface area contributed by atoms with Gasteiger partial charge in [0.1, 0.15) is 18.5 Å². The van der Waals surface area contributed by atoms with Crippen molar-refractivity contribution >= 4 is 0 Å². The van der Waals surface area contributed by atoms with Crippen molar-refractivity contribution in [2.45, 2.75) is 59.0 Å². The Bertz CT molecular complexity index is 905. The lowest BCUT2D eigenvalue weighted by molar-refractivity contribution is 0.174. The zero-order valence-corrected chi connectivity index (χ0v) is 18.9. The second-order valence-electron chi connectivity index (χ2n) is 8.51. The van der Waals surface area contributed by atoms with E-state index in [1.54, 1.807) is 0 Å². The minimum Gasteiger partial charge on any atom is -0.491 e. The molecule has 0 saturated carbocycles. The Morgan fingerprint density at radius 2 is 1.48 bits per heavy atom. The molecule has 31 heavy (non-hydrogen) atoms. The first-order chi connectivity index (χ1) is 15.0. The highest BCUT2D eigenvalue weighted by Crippen LogP contribution is 2.23. The van der Waals surface area contributed by atoms with E-state index >= 15 is 0 Å². The number of ether oxygens (including phenoxy) is 1. The van der Waals surface area contributed by atoms with Gasteiger partial charge in [-0.2, -0.15) is 0 Å². The molecule has 164 valence electrons. The summed E-state index contributed by atoms with van der Waals surface area (Å²) in [6.45, 7) is 6.33. The van der Waals surface area contributed by atoms with Gasteiger partial charge in [-0.25, -0.2) is 14.4 Å². The number of aryl methyl sites for hydroxylation is 1. The molecule has 0 fully saturated rings. The zero-order chi connectivity index (χ0) is 22.1. The van der Waals surface area contributed by atoms with Crippen molar-refractivity contribution in [3.8, 4) is 28.3 Å². The van der Waals surface area contributed by atoms with Crippen molar-refractivity contribution in [3.63, 3.8) is 0 Å². The molecule has 0 saturated heterocycles. The molecular weight excluding hydrogens is 387 g/mol. The van der Waals surface area contributed by atoms with Crippen LogP contribution in [0.4, 0.5) is 4.39 Å². The summed E-state index contributed by atoms with van der Waals surface area (Å²) in [5.74, 6) is 1.64. The van der Waals surface area contributed by atoms with E-state index in [1.807, 2.05) is 50.5 Å². The molecule has 3 aromatic rings. The van der Waals surface area contributed by atoms with Gasteiger partial charge in [0, 0.05) is 23.5 Å². The fourth-order valence-electron chi connectivity index (χ4n) is 3.54. The Labute approximate surface area is 185 Å². The lowest BCUT2D eigenvalue weighted by Gasteiger charge is -2.12. The van der Waals surface area contributed by atoms with Crippen molar-refractivity contribution in [1.82, 2.24) is 9.97 Å². The monoisotopic (exact) mass is 420 g/mol. The van der Waals surface area contributed by atoms with E-state index in [1.165, 1.54) is 24.8 Å². The standard InChI is InChI=1S/C27H33FN2O/c1-4-5-6-7-21-8-10-22(11-9-21)24-17-29-27(30-18-24)23-12-14-26(15-13-23)31-19-25(28)16-20(2)3/h8-15,17-18,20,25H,4-7,16,19H2,1-3H3. The van der Waals surface area contributed by atoms with Gasteiger partial charge in [-0.15, -0.1) is 0 Å². The third-order valence-electron chi connectivity index (χ3n) is 5.28. The first kappa shape index (κ1) is 22.9. The van der Waals surface area contributed by atoms with Crippen molar-refractivity contribution in [3.05, 3.63) is 66.5 Å². The van der Waals surface area contributed by atoms with Crippen LogP contribution in [-0.4, -0.2) is 22.7 Å². The second-order valence-corrected chi connectivity index (χ2v) is 8.51. The van der Waals surface area contributed by atoms with Gasteiger partial charge in [0.2, 0.25) is 0 Å². The molecule has 0 aliphatic carbocycles. The number of hydrogen-bond acceptors (Lipinski definition) is 3. The Hall–Kier alpha value is -2.75. The van der Waals surface area contributed by atoms with E-state index in [4.69, 9.17) is 4.74 Å². The number of nitrogens with zero attached hydrogens (tertiary/aromatic N) is 2. The van der Waals surface area contributed by atoms with Crippen molar-refractivity contribution in [1.29, 1.82) is 0 Å². The molecule has 1 aromatic heterocycles. The van der Waals surface area contributed by atoms with Crippen LogP contribution in [0.15, 0.2) is 60.9 Å². The van der Waals surface area contributed by atoms with Crippen molar-refractivity contribution in [2.75, 3.05) is 6.61 Å². The Kier molecular flexibility index (Phi) is 8.57. The molecule has 1 atom stereocenters. The van der Waals surface area contributed by atoms with E-state index in [0.717, 1.165) is 23.1 Å². The smallest absolute Gasteiger partial charge is 0.159 e. The lowest BCUT2D eigenvalue weighted by Crippen LogP contribution is -2.15. The second kappa shape index (κ2) is 11.6. The van der Waals surface area contributed by atoms with Crippen LogP contribution >= 0.6 is 0 Å². The van der Waals surface area contributed by atoms with Crippen LogP contribution < -0.4 is 4.74 Å². The lowest BCUT2D eigenvalue weighted by atomic mass is 10.0. The molecular formula is C27H33FN2O. The van der Waals surface area contributed by atoms with Crippen molar-refractivity contribution < 1.29 is 9.13 Å². The maximum absolute atomic E-state index is 13.8. The average molecular weight is 421 g/mol. The molecule has 4 heteroatoms. The summed E-state index contributed by atoms with van der Waals surface area (Å²) in [5, 5.41) is 0. The fraction of sp³-hybridized carbons (Fsp3) is 0.407. The number of rotatable bonds is 11. The predicted octanol–water partition coefficient (Wildman–Crippen LogP) is 7.31. The summed E-state index contributed by atoms with van der Waals surface area (Å²) in [5.41, 5.74) is 4.41. The first-order valence-corrected chi connectivity index (χ1v) is 11.3. The molecule has 3 rings (SSSR count). The van der Waals surface area contributed by atoms with Crippen LogP contribution in [-0.2, 0) is 6.42 Å². The largest absolute Gasteiger partial charge is 0.491 e. The summed E-state index contributed by atoms with van der Waals surface area (Å²) in [4.78, 5) is 9.07. The molecule has 1 unspecified atom stereocenters. The van der Waals surface area contributed by atoms with Gasteiger partial charge in [-0.1, -0.05) is 57.9 Å². The number of halogens is 1.